The first-order valence-electron chi connectivity index (χ1n) is 9.49. The second-order valence-corrected chi connectivity index (χ2v) is 7.25. The molecule has 2 heteroatoms. The molecule has 0 bridgehead atoms. The van der Waals surface area contributed by atoms with Crippen molar-refractivity contribution in [2.24, 2.45) is 5.73 Å². The highest BCUT2D eigenvalue weighted by Crippen LogP contribution is 2.36. The summed E-state index contributed by atoms with van der Waals surface area (Å²) in [6, 6.07) is 19.9. The molecule has 0 aliphatic rings. The maximum Gasteiger partial charge on any atom is 0.0503 e. The molecule has 2 nitrogen and oxygen atoms in total. The minimum atomic E-state index is 0.754. The first-order valence-corrected chi connectivity index (χ1v) is 9.49. The summed E-state index contributed by atoms with van der Waals surface area (Å²) in [4.78, 5) is 3.71. The molecule has 0 saturated carbocycles. The van der Waals surface area contributed by atoms with Crippen LogP contribution in [0.4, 0.5) is 0 Å². The molecule has 3 aromatic carbocycles. The zero-order valence-corrected chi connectivity index (χ0v) is 15.6. The lowest BCUT2D eigenvalue weighted by Gasteiger charge is -2.11. The SMILES string of the molecule is Cc1ccc2[nH]c(-c3ccc(C)c4ccccc34)c(CCCCN)c2c1. The van der Waals surface area contributed by atoms with Crippen molar-refractivity contribution in [1.82, 2.24) is 4.98 Å². The van der Waals surface area contributed by atoms with Crippen molar-refractivity contribution in [2.75, 3.05) is 6.54 Å². The van der Waals surface area contributed by atoms with Crippen molar-refractivity contribution in [2.45, 2.75) is 33.1 Å². The highest BCUT2D eigenvalue weighted by Gasteiger charge is 2.15. The van der Waals surface area contributed by atoms with Gasteiger partial charge in [0.05, 0.1) is 5.69 Å². The molecule has 4 rings (SSSR count). The van der Waals surface area contributed by atoms with Crippen molar-refractivity contribution in [3.05, 3.63) is 71.3 Å². The van der Waals surface area contributed by atoms with Crippen LogP contribution in [-0.2, 0) is 6.42 Å². The van der Waals surface area contributed by atoms with Gasteiger partial charge < -0.3 is 10.7 Å². The zero-order valence-electron chi connectivity index (χ0n) is 15.6. The van der Waals surface area contributed by atoms with Crippen LogP contribution in [0.2, 0.25) is 0 Å². The predicted octanol–water partition coefficient (Wildman–Crippen LogP) is 5.89. The second-order valence-electron chi connectivity index (χ2n) is 7.25. The fourth-order valence-corrected chi connectivity index (χ4v) is 3.96. The fraction of sp³-hybridized carbons (Fsp3) is 0.250. The first-order chi connectivity index (χ1) is 12.7. The van der Waals surface area contributed by atoms with Gasteiger partial charge in [0.15, 0.2) is 0 Å². The Morgan fingerprint density at radius 1 is 0.846 bits per heavy atom. The molecule has 0 saturated heterocycles. The number of aromatic nitrogens is 1. The number of nitrogens with one attached hydrogen (secondary N) is 1. The van der Waals surface area contributed by atoms with E-state index in [4.69, 9.17) is 5.73 Å². The van der Waals surface area contributed by atoms with E-state index < -0.39 is 0 Å². The quantitative estimate of drug-likeness (QED) is 0.436. The molecule has 1 aromatic heterocycles. The molecule has 0 spiro atoms. The first kappa shape index (κ1) is 16.9. The summed E-state index contributed by atoms with van der Waals surface area (Å²) in [5.41, 5.74) is 13.6. The Morgan fingerprint density at radius 2 is 1.65 bits per heavy atom. The van der Waals surface area contributed by atoms with Gasteiger partial charge >= 0.3 is 0 Å². The number of fused-ring (bicyclic) bond motifs is 2. The predicted molar refractivity (Wildman–Crippen MR) is 113 cm³/mol. The molecular weight excluding hydrogens is 316 g/mol. The normalized spacial score (nSPS) is 11.5. The van der Waals surface area contributed by atoms with Gasteiger partial charge in [-0.2, -0.15) is 0 Å². The third-order valence-electron chi connectivity index (χ3n) is 5.35. The maximum absolute atomic E-state index is 5.74. The molecule has 26 heavy (non-hydrogen) atoms. The molecule has 132 valence electrons. The third kappa shape index (κ3) is 2.91. The van der Waals surface area contributed by atoms with Crippen LogP contribution >= 0.6 is 0 Å². The van der Waals surface area contributed by atoms with E-state index >= 15 is 0 Å². The number of unbranched alkanes of at least 4 members (excludes halogenated alkanes) is 1. The van der Waals surface area contributed by atoms with Gasteiger partial charge in [-0.25, -0.2) is 0 Å². The average Bonchev–Trinajstić information content (AvgIpc) is 3.00. The number of H-pyrrole nitrogens is 1. The summed E-state index contributed by atoms with van der Waals surface area (Å²) < 4.78 is 0. The Bertz CT molecular complexity index is 1070. The summed E-state index contributed by atoms with van der Waals surface area (Å²) in [5, 5.41) is 3.99. The van der Waals surface area contributed by atoms with Gasteiger partial charge in [0.1, 0.15) is 0 Å². The van der Waals surface area contributed by atoms with Crippen LogP contribution in [0.25, 0.3) is 32.9 Å². The van der Waals surface area contributed by atoms with Gasteiger partial charge in [-0.3, -0.25) is 0 Å². The molecule has 0 amide bonds. The highest BCUT2D eigenvalue weighted by molar-refractivity contribution is 6.02. The van der Waals surface area contributed by atoms with Gasteiger partial charge in [-0.1, -0.05) is 48.0 Å². The molecule has 0 aliphatic heterocycles. The van der Waals surface area contributed by atoms with E-state index in [1.165, 1.54) is 49.6 Å². The van der Waals surface area contributed by atoms with Crippen molar-refractivity contribution in [3.63, 3.8) is 0 Å². The minimum Gasteiger partial charge on any atom is -0.354 e. The van der Waals surface area contributed by atoms with E-state index in [1.54, 1.807) is 0 Å². The molecule has 0 radical (unpaired) electrons. The molecule has 1 heterocycles. The van der Waals surface area contributed by atoms with Crippen LogP contribution in [0.15, 0.2) is 54.6 Å². The summed E-state index contributed by atoms with van der Waals surface area (Å²) in [6.45, 7) is 5.10. The van der Waals surface area contributed by atoms with E-state index in [2.05, 4.69) is 73.4 Å². The van der Waals surface area contributed by atoms with Crippen LogP contribution in [0, 0.1) is 13.8 Å². The monoisotopic (exact) mass is 342 g/mol. The number of hydrogen-bond acceptors (Lipinski definition) is 1. The molecule has 0 fully saturated rings. The Kier molecular flexibility index (Phi) is 4.52. The van der Waals surface area contributed by atoms with E-state index in [9.17, 15) is 0 Å². The third-order valence-corrected chi connectivity index (χ3v) is 5.35. The van der Waals surface area contributed by atoms with Gasteiger partial charge in [-0.15, -0.1) is 0 Å². The second kappa shape index (κ2) is 6.97. The molecule has 0 unspecified atom stereocenters. The van der Waals surface area contributed by atoms with Crippen molar-refractivity contribution in [1.29, 1.82) is 0 Å². The fourth-order valence-electron chi connectivity index (χ4n) is 3.96. The number of aromatic amines is 1. The van der Waals surface area contributed by atoms with Crippen LogP contribution < -0.4 is 5.73 Å². The van der Waals surface area contributed by atoms with E-state index in [0.29, 0.717) is 0 Å². The summed E-state index contributed by atoms with van der Waals surface area (Å²) in [6.07, 6.45) is 3.24. The topological polar surface area (TPSA) is 41.8 Å². The lowest BCUT2D eigenvalue weighted by Crippen LogP contribution is -1.99. The Hall–Kier alpha value is -2.58. The summed E-state index contributed by atoms with van der Waals surface area (Å²) >= 11 is 0. The molecule has 4 aromatic rings. The van der Waals surface area contributed by atoms with Crippen LogP contribution in [0.3, 0.4) is 0 Å². The maximum atomic E-state index is 5.74. The van der Waals surface area contributed by atoms with Crippen LogP contribution in [0.5, 0.6) is 0 Å². The zero-order chi connectivity index (χ0) is 18.1. The number of rotatable bonds is 5. The number of nitrogens with two attached hydrogens (primary N) is 1. The summed E-state index contributed by atoms with van der Waals surface area (Å²) in [7, 11) is 0. The largest absolute Gasteiger partial charge is 0.354 e. The van der Waals surface area contributed by atoms with Gasteiger partial charge in [-0.05, 0) is 73.7 Å². The standard InChI is InChI=1S/C24H26N2/c1-16-10-13-23-22(15-16)20(9-5-6-14-25)24(26-23)21-12-11-17(2)18-7-3-4-8-19(18)21/h3-4,7-8,10-13,15,26H,5-6,9,14,25H2,1-2H3. The van der Waals surface area contributed by atoms with Crippen molar-refractivity contribution in [3.8, 4) is 11.3 Å². The molecule has 0 atom stereocenters. The van der Waals surface area contributed by atoms with Crippen LogP contribution in [-0.4, -0.2) is 11.5 Å². The smallest absolute Gasteiger partial charge is 0.0503 e. The van der Waals surface area contributed by atoms with E-state index in [0.717, 1.165) is 25.8 Å². The number of aryl methyl sites for hydroxylation is 3. The molecular formula is C24H26N2. The van der Waals surface area contributed by atoms with Gasteiger partial charge in [0.25, 0.3) is 0 Å². The van der Waals surface area contributed by atoms with Crippen LogP contribution in [0.1, 0.15) is 29.5 Å². The van der Waals surface area contributed by atoms with Crippen molar-refractivity contribution < 1.29 is 0 Å². The Labute approximate surface area is 155 Å². The van der Waals surface area contributed by atoms with Gasteiger partial charge in [0.2, 0.25) is 0 Å². The number of benzene rings is 3. The molecule has 3 N–H and O–H groups in total. The summed E-state index contributed by atoms with van der Waals surface area (Å²) in [5.74, 6) is 0. The van der Waals surface area contributed by atoms with Gasteiger partial charge in [0, 0.05) is 16.5 Å². The average molecular weight is 342 g/mol. The Morgan fingerprint density at radius 3 is 2.46 bits per heavy atom. The van der Waals surface area contributed by atoms with Crippen molar-refractivity contribution >= 4 is 21.7 Å². The Balaban J connectivity index is 1.96. The minimum absolute atomic E-state index is 0.754. The highest BCUT2D eigenvalue weighted by atomic mass is 14.7. The lowest BCUT2D eigenvalue weighted by atomic mass is 9.94. The number of hydrogen-bond donors (Lipinski definition) is 2. The lowest BCUT2D eigenvalue weighted by molar-refractivity contribution is 0.748. The van der Waals surface area contributed by atoms with E-state index in [1.807, 2.05) is 0 Å². The molecule has 0 aliphatic carbocycles. The van der Waals surface area contributed by atoms with E-state index in [-0.39, 0.29) is 0 Å².